The molecule has 0 aliphatic rings. The lowest BCUT2D eigenvalue weighted by Crippen LogP contribution is -2.10. The highest BCUT2D eigenvalue weighted by atomic mass is 35.5. The van der Waals surface area contributed by atoms with Crippen LogP contribution in [-0.2, 0) is 0 Å². The number of rotatable bonds is 4. The normalized spacial score (nSPS) is 13.0. The zero-order valence-electron chi connectivity index (χ0n) is 11.1. The first-order chi connectivity index (χ1) is 10.2. The van der Waals surface area contributed by atoms with E-state index in [4.69, 9.17) is 28.5 Å². The highest BCUT2D eigenvalue weighted by Gasteiger charge is 2.26. The summed E-state index contributed by atoms with van der Waals surface area (Å²) >= 11 is 12.1. The molecular weight excluding hydrogens is 303 g/mol. The van der Waals surface area contributed by atoms with Crippen LogP contribution in [-0.4, -0.2) is 0 Å². The maximum atomic E-state index is 9.58. The number of nitrogens with zero attached hydrogens (tertiary/aromatic N) is 2. The molecule has 0 aliphatic carbocycles. The van der Waals surface area contributed by atoms with Crippen molar-refractivity contribution < 1.29 is 0 Å². The van der Waals surface area contributed by atoms with Crippen LogP contribution in [0.5, 0.6) is 0 Å². The van der Waals surface area contributed by atoms with Gasteiger partial charge in [0.2, 0.25) is 0 Å². The number of halogens is 2. The maximum absolute atomic E-state index is 9.58. The van der Waals surface area contributed by atoms with E-state index in [0.29, 0.717) is 15.6 Å². The molecule has 0 saturated carbocycles. The molecule has 0 spiro atoms. The molecule has 0 unspecified atom stereocenters. The van der Waals surface area contributed by atoms with Gasteiger partial charge >= 0.3 is 0 Å². The quantitative estimate of drug-likeness (QED) is 0.769. The Morgan fingerprint density at radius 3 is 2.29 bits per heavy atom. The van der Waals surface area contributed by atoms with Crippen LogP contribution in [0.3, 0.4) is 0 Å². The third-order valence-corrected chi connectivity index (χ3v) is 3.94. The van der Waals surface area contributed by atoms with Crippen LogP contribution < -0.4 is 0 Å². The molecule has 0 bridgehead atoms. The predicted molar refractivity (Wildman–Crippen MR) is 84.2 cm³/mol. The first kappa shape index (κ1) is 15.4. The third-order valence-electron chi connectivity index (χ3n) is 3.38. The van der Waals surface area contributed by atoms with E-state index in [-0.39, 0.29) is 12.3 Å². The van der Waals surface area contributed by atoms with Gasteiger partial charge < -0.3 is 0 Å². The van der Waals surface area contributed by atoms with Gasteiger partial charge in [-0.25, -0.2) is 0 Å². The van der Waals surface area contributed by atoms with Crippen molar-refractivity contribution in [2.75, 3.05) is 0 Å². The fourth-order valence-electron chi connectivity index (χ4n) is 2.36. The summed E-state index contributed by atoms with van der Waals surface area (Å²) in [5.41, 5.74) is 1.66. The van der Waals surface area contributed by atoms with Gasteiger partial charge in [-0.2, -0.15) is 10.5 Å². The van der Waals surface area contributed by atoms with Crippen LogP contribution >= 0.6 is 23.2 Å². The molecule has 104 valence electrons. The van der Waals surface area contributed by atoms with E-state index in [1.54, 1.807) is 18.2 Å². The van der Waals surface area contributed by atoms with E-state index in [1.807, 2.05) is 30.3 Å². The molecule has 2 aromatic rings. The SMILES string of the molecule is N#CC[C@H](c1ccccc1)[C@@H](C#N)c1ccc(Cl)cc1Cl. The molecule has 0 heterocycles. The van der Waals surface area contributed by atoms with E-state index < -0.39 is 5.92 Å². The molecule has 0 fully saturated rings. The van der Waals surface area contributed by atoms with Crippen molar-refractivity contribution in [3.63, 3.8) is 0 Å². The summed E-state index contributed by atoms with van der Waals surface area (Å²) in [6.45, 7) is 0. The monoisotopic (exact) mass is 314 g/mol. The summed E-state index contributed by atoms with van der Waals surface area (Å²) in [7, 11) is 0. The summed E-state index contributed by atoms with van der Waals surface area (Å²) in [5, 5.41) is 19.6. The average molecular weight is 315 g/mol. The van der Waals surface area contributed by atoms with Crippen LogP contribution in [0, 0.1) is 22.7 Å². The minimum Gasteiger partial charge on any atom is -0.198 e. The van der Waals surface area contributed by atoms with Gasteiger partial charge in [0.05, 0.1) is 18.1 Å². The van der Waals surface area contributed by atoms with Gasteiger partial charge in [0, 0.05) is 22.4 Å². The smallest absolute Gasteiger partial charge is 0.0805 e. The van der Waals surface area contributed by atoms with Gasteiger partial charge in [-0.15, -0.1) is 0 Å². The molecule has 0 N–H and O–H groups in total. The Kier molecular flexibility index (Phi) is 5.23. The lowest BCUT2D eigenvalue weighted by molar-refractivity contribution is 0.641. The van der Waals surface area contributed by atoms with E-state index in [9.17, 15) is 5.26 Å². The summed E-state index contributed by atoms with van der Waals surface area (Å²) < 4.78 is 0. The summed E-state index contributed by atoms with van der Waals surface area (Å²) in [4.78, 5) is 0. The average Bonchev–Trinajstić information content (AvgIpc) is 2.50. The Morgan fingerprint density at radius 1 is 1.00 bits per heavy atom. The van der Waals surface area contributed by atoms with E-state index in [0.717, 1.165) is 5.56 Å². The Bertz CT molecular complexity index is 699. The fourth-order valence-corrected chi connectivity index (χ4v) is 2.88. The minimum atomic E-state index is -0.489. The van der Waals surface area contributed by atoms with Crippen molar-refractivity contribution in [1.29, 1.82) is 10.5 Å². The Morgan fingerprint density at radius 2 is 1.71 bits per heavy atom. The van der Waals surface area contributed by atoms with Crippen molar-refractivity contribution in [1.82, 2.24) is 0 Å². The largest absolute Gasteiger partial charge is 0.198 e. The zero-order valence-corrected chi connectivity index (χ0v) is 12.6. The predicted octanol–water partition coefficient (Wildman–Crippen LogP) is 5.30. The molecule has 2 nitrogen and oxygen atoms in total. The van der Waals surface area contributed by atoms with Gasteiger partial charge in [-0.3, -0.25) is 0 Å². The molecule has 2 rings (SSSR count). The lowest BCUT2D eigenvalue weighted by Gasteiger charge is -2.21. The molecule has 0 radical (unpaired) electrons. The lowest BCUT2D eigenvalue weighted by atomic mass is 9.80. The third kappa shape index (κ3) is 3.56. The molecule has 21 heavy (non-hydrogen) atoms. The van der Waals surface area contributed by atoms with Crippen LogP contribution in [0.2, 0.25) is 10.0 Å². The standard InChI is InChI=1S/C17H12Cl2N2/c18-13-6-7-15(17(19)10-13)16(11-21)14(8-9-20)12-4-2-1-3-5-12/h1-7,10,14,16H,8H2/t14-,16-/m1/s1. The molecule has 0 aromatic heterocycles. The zero-order chi connectivity index (χ0) is 15.2. The number of hydrogen-bond donors (Lipinski definition) is 0. The molecule has 0 amide bonds. The van der Waals surface area contributed by atoms with Crippen LogP contribution in [0.15, 0.2) is 48.5 Å². The summed E-state index contributed by atoms with van der Waals surface area (Å²) in [5.74, 6) is -0.711. The molecule has 2 atom stereocenters. The second kappa shape index (κ2) is 7.14. The van der Waals surface area contributed by atoms with Crippen LogP contribution in [0.25, 0.3) is 0 Å². The Balaban J connectivity index is 2.47. The summed E-state index contributed by atoms with van der Waals surface area (Å²) in [6, 6.07) is 19.1. The van der Waals surface area contributed by atoms with E-state index in [2.05, 4.69) is 12.1 Å². The van der Waals surface area contributed by atoms with Crippen molar-refractivity contribution >= 4 is 23.2 Å². The first-order valence-corrected chi connectivity index (χ1v) is 7.19. The molecule has 0 saturated heterocycles. The highest BCUT2D eigenvalue weighted by molar-refractivity contribution is 6.35. The molecule has 2 aromatic carbocycles. The Labute approximate surface area is 134 Å². The fraction of sp³-hybridized carbons (Fsp3) is 0.176. The summed E-state index contributed by atoms with van der Waals surface area (Å²) in [6.07, 6.45) is 0.251. The van der Waals surface area contributed by atoms with E-state index >= 15 is 0 Å². The molecule has 4 heteroatoms. The van der Waals surface area contributed by atoms with E-state index in [1.165, 1.54) is 0 Å². The minimum absolute atomic E-state index is 0.222. The van der Waals surface area contributed by atoms with Gasteiger partial charge in [-0.05, 0) is 23.3 Å². The van der Waals surface area contributed by atoms with Crippen molar-refractivity contribution in [2.24, 2.45) is 0 Å². The first-order valence-electron chi connectivity index (χ1n) is 6.44. The van der Waals surface area contributed by atoms with Crippen LogP contribution in [0.1, 0.15) is 29.4 Å². The number of benzene rings is 2. The molecular formula is C17H12Cl2N2. The Hall–Kier alpha value is -2.00. The molecule has 0 aliphatic heterocycles. The van der Waals surface area contributed by atoms with Gasteiger partial charge in [-0.1, -0.05) is 59.6 Å². The number of hydrogen-bond acceptors (Lipinski definition) is 2. The van der Waals surface area contributed by atoms with Crippen molar-refractivity contribution in [2.45, 2.75) is 18.3 Å². The topological polar surface area (TPSA) is 47.6 Å². The van der Waals surface area contributed by atoms with Crippen LogP contribution in [0.4, 0.5) is 0 Å². The number of nitriles is 2. The van der Waals surface area contributed by atoms with Crippen molar-refractivity contribution in [3.05, 3.63) is 69.7 Å². The van der Waals surface area contributed by atoms with Crippen molar-refractivity contribution in [3.8, 4) is 12.1 Å². The van der Waals surface area contributed by atoms with Gasteiger partial charge in [0.1, 0.15) is 0 Å². The highest BCUT2D eigenvalue weighted by Crippen LogP contribution is 2.38. The maximum Gasteiger partial charge on any atom is 0.0805 e. The second-order valence-corrected chi connectivity index (χ2v) is 5.50. The second-order valence-electron chi connectivity index (χ2n) is 4.65. The van der Waals surface area contributed by atoms with Gasteiger partial charge in [0.25, 0.3) is 0 Å². The van der Waals surface area contributed by atoms with Gasteiger partial charge in [0.15, 0.2) is 0 Å².